The minimum atomic E-state index is -0.515. The van der Waals surface area contributed by atoms with Crippen molar-refractivity contribution in [2.75, 3.05) is 0 Å². The van der Waals surface area contributed by atoms with Crippen LogP contribution in [0.2, 0.25) is 0 Å². The molecule has 0 radical (unpaired) electrons. The van der Waals surface area contributed by atoms with Gasteiger partial charge in [-0.2, -0.15) is 5.10 Å². The molecule has 1 saturated carbocycles. The first-order chi connectivity index (χ1) is 10.6. The molecule has 1 aliphatic rings. The molecule has 4 N–H and O–H groups in total. The Kier molecular flexibility index (Phi) is 3.86. The van der Waals surface area contributed by atoms with E-state index in [9.17, 15) is 9.59 Å². The maximum absolute atomic E-state index is 11.9. The van der Waals surface area contributed by atoms with E-state index in [0.717, 1.165) is 24.2 Å². The Morgan fingerprint density at radius 3 is 2.82 bits per heavy atom. The minimum absolute atomic E-state index is 0.0259. The number of hydrogen-bond acceptors (Lipinski definition) is 4. The second-order valence-corrected chi connectivity index (χ2v) is 5.50. The molecular formula is C15H17N5O2. The van der Waals surface area contributed by atoms with Gasteiger partial charge in [0.15, 0.2) is 0 Å². The maximum Gasteiger partial charge on any atom is 0.266 e. The lowest BCUT2D eigenvalue weighted by Crippen LogP contribution is -2.44. The summed E-state index contributed by atoms with van der Waals surface area (Å²) in [4.78, 5) is 27.1. The number of H-pyrrole nitrogens is 1. The van der Waals surface area contributed by atoms with Gasteiger partial charge in [-0.05, 0) is 31.0 Å². The molecule has 2 amide bonds. The van der Waals surface area contributed by atoms with Crippen LogP contribution in [0.25, 0.3) is 0 Å². The van der Waals surface area contributed by atoms with E-state index in [2.05, 4.69) is 20.5 Å². The number of carbonyl (C=O) groups excluding carboxylic acids is 2. The zero-order valence-corrected chi connectivity index (χ0v) is 12.0. The largest absolute Gasteiger partial charge is 0.364 e. The van der Waals surface area contributed by atoms with Gasteiger partial charge < -0.3 is 11.1 Å². The van der Waals surface area contributed by atoms with Gasteiger partial charge in [0.2, 0.25) is 5.91 Å². The molecule has 0 aliphatic heterocycles. The number of nitrogens with one attached hydrogen (secondary N) is 2. The van der Waals surface area contributed by atoms with E-state index in [1.807, 2.05) is 18.2 Å². The zero-order valence-electron chi connectivity index (χ0n) is 12.0. The molecule has 0 unspecified atom stereocenters. The number of aromatic amines is 1. The molecular weight excluding hydrogens is 282 g/mol. The highest BCUT2D eigenvalue weighted by atomic mass is 16.2. The number of nitrogens with zero attached hydrogens (tertiary/aromatic N) is 2. The fourth-order valence-electron chi connectivity index (χ4n) is 2.60. The highest BCUT2D eigenvalue weighted by Gasteiger charge is 2.33. The van der Waals surface area contributed by atoms with Crippen molar-refractivity contribution in [1.29, 1.82) is 0 Å². The highest BCUT2D eigenvalue weighted by Crippen LogP contribution is 2.36. The van der Waals surface area contributed by atoms with Crippen molar-refractivity contribution < 1.29 is 9.59 Å². The van der Waals surface area contributed by atoms with Gasteiger partial charge in [0.25, 0.3) is 5.91 Å². The third kappa shape index (κ3) is 3.13. The predicted molar refractivity (Wildman–Crippen MR) is 79.0 cm³/mol. The number of rotatable bonds is 5. The second-order valence-electron chi connectivity index (χ2n) is 5.50. The van der Waals surface area contributed by atoms with Gasteiger partial charge in [0, 0.05) is 23.9 Å². The van der Waals surface area contributed by atoms with Gasteiger partial charge in [-0.25, -0.2) is 0 Å². The first-order valence-corrected chi connectivity index (χ1v) is 7.16. The van der Waals surface area contributed by atoms with Crippen LogP contribution in [0.1, 0.15) is 40.6 Å². The van der Waals surface area contributed by atoms with Gasteiger partial charge in [0.05, 0.1) is 12.1 Å². The number of carbonyl (C=O) groups is 2. The van der Waals surface area contributed by atoms with Crippen molar-refractivity contribution in [3.05, 3.63) is 47.5 Å². The summed E-state index contributed by atoms with van der Waals surface area (Å²) in [5, 5.41) is 9.70. The molecule has 1 aliphatic carbocycles. The van der Waals surface area contributed by atoms with E-state index in [4.69, 9.17) is 5.73 Å². The molecule has 0 spiro atoms. The van der Waals surface area contributed by atoms with Crippen LogP contribution in [0, 0.1) is 0 Å². The first-order valence-electron chi connectivity index (χ1n) is 7.16. The number of aromatic nitrogens is 3. The molecule has 2 heterocycles. The summed E-state index contributed by atoms with van der Waals surface area (Å²) in [5.74, 6) is -0.287. The van der Waals surface area contributed by atoms with E-state index < -0.39 is 5.91 Å². The smallest absolute Gasteiger partial charge is 0.266 e. The van der Waals surface area contributed by atoms with E-state index in [0.29, 0.717) is 5.69 Å². The molecule has 7 heteroatoms. The van der Waals surface area contributed by atoms with Crippen molar-refractivity contribution in [2.45, 2.75) is 31.2 Å². The summed E-state index contributed by atoms with van der Waals surface area (Å²) in [7, 11) is 0. The zero-order chi connectivity index (χ0) is 15.5. The lowest BCUT2D eigenvalue weighted by atomic mass is 9.78. The van der Waals surface area contributed by atoms with E-state index in [1.54, 1.807) is 12.3 Å². The topological polar surface area (TPSA) is 114 Å². The van der Waals surface area contributed by atoms with E-state index >= 15 is 0 Å². The number of hydrogen-bond donors (Lipinski definition) is 3. The van der Waals surface area contributed by atoms with Crippen molar-refractivity contribution in [3.63, 3.8) is 0 Å². The number of primary amides is 1. The molecule has 2 aromatic heterocycles. The van der Waals surface area contributed by atoms with Crippen LogP contribution in [0.4, 0.5) is 0 Å². The summed E-state index contributed by atoms with van der Waals surface area (Å²) in [6.07, 6.45) is 3.60. The van der Waals surface area contributed by atoms with Crippen molar-refractivity contribution in [1.82, 2.24) is 20.5 Å². The van der Waals surface area contributed by atoms with Gasteiger partial charge >= 0.3 is 0 Å². The molecule has 1 fully saturated rings. The lowest BCUT2D eigenvalue weighted by Gasteiger charge is -2.34. The standard InChI is InChI=1S/C15H17N5O2/c16-15(22)13-8-12(19-20-13)9-5-11(6-9)18-14(21)7-10-3-1-2-4-17-10/h1-4,8-9,11H,5-7H2,(H2,16,22)(H,18,21)(H,19,20)/t9-,11+. The van der Waals surface area contributed by atoms with Gasteiger partial charge in [-0.1, -0.05) is 6.07 Å². The second kappa shape index (κ2) is 5.97. The Labute approximate surface area is 127 Å². The van der Waals surface area contributed by atoms with Crippen LogP contribution >= 0.6 is 0 Å². The fraction of sp³-hybridized carbons (Fsp3) is 0.333. The molecule has 2 aromatic rings. The number of pyridine rings is 1. The quantitative estimate of drug-likeness (QED) is 0.746. The van der Waals surface area contributed by atoms with Crippen molar-refractivity contribution in [2.24, 2.45) is 5.73 Å². The van der Waals surface area contributed by atoms with Crippen molar-refractivity contribution in [3.8, 4) is 0 Å². The summed E-state index contributed by atoms with van der Waals surface area (Å²) in [6.45, 7) is 0. The summed E-state index contributed by atoms with van der Waals surface area (Å²) in [6, 6.07) is 7.34. The molecule has 3 rings (SSSR count). The summed E-state index contributed by atoms with van der Waals surface area (Å²) < 4.78 is 0. The third-order valence-electron chi connectivity index (χ3n) is 3.85. The molecule has 0 atom stereocenters. The van der Waals surface area contributed by atoms with Crippen LogP contribution in [0.15, 0.2) is 30.5 Å². The van der Waals surface area contributed by atoms with Gasteiger partial charge in [-0.15, -0.1) is 0 Å². The fourth-order valence-corrected chi connectivity index (χ4v) is 2.60. The normalized spacial score (nSPS) is 20.2. The Bertz CT molecular complexity index is 676. The van der Waals surface area contributed by atoms with Gasteiger partial charge in [-0.3, -0.25) is 19.7 Å². The highest BCUT2D eigenvalue weighted by molar-refractivity contribution is 5.90. The third-order valence-corrected chi connectivity index (χ3v) is 3.85. The van der Waals surface area contributed by atoms with Crippen LogP contribution in [-0.4, -0.2) is 33.0 Å². The Morgan fingerprint density at radius 1 is 1.36 bits per heavy atom. The predicted octanol–water partition coefficient (Wildman–Crippen LogP) is 0.508. The Morgan fingerprint density at radius 2 is 2.18 bits per heavy atom. The number of nitrogens with two attached hydrogens (primary N) is 1. The summed E-state index contributed by atoms with van der Waals surface area (Å²) >= 11 is 0. The van der Waals surface area contributed by atoms with Crippen LogP contribution in [-0.2, 0) is 11.2 Å². The molecule has 7 nitrogen and oxygen atoms in total. The first kappa shape index (κ1) is 14.2. The van der Waals surface area contributed by atoms with Crippen LogP contribution < -0.4 is 11.1 Å². The molecule has 114 valence electrons. The monoisotopic (exact) mass is 299 g/mol. The average Bonchev–Trinajstić information content (AvgIpc) is 2.93. The minimum Gasteiger partial charge on any atom is -0.364 e. The molecule has 0 bridgehead atoms. The average molecular weight is 299 g/mol. The Balaban J connectivity index is 1.47. The lowest BCUT2D eigenvalue weighted by molar-refractivity contribution is -0.121. The molecule has 0 aromatic carbocycles. The molecule has 0 saturated heterocycles. The van der Waals surface area contributed by atoms with E-state index in [-0.39, 0.29) is 24.3 Å². The maximum atomic E-state index is 11.9. The summed E-state index contributed by atoms with van der Waals surface area (Å²) in [5.41, 5.74) is 7.08. The van der Waals surface area contributed by atoms with Crippen LogP contribution in [0.3, 0.4) is 0 Å². The molecule has 22 heavy (non-hydrogen) atoms. The van der Waals surface area contributed by atoms with Gasteiger partial charge in [0.1, 0.15) is 5.69 Å². The number of amides is 2. The Hall–Kier alpha value is -2.70. The van der Waals surface area contributed by atoms with E-state index in [1.165, 1.54) is 0 Å². The van der Waals surface area contributed by atoms with Crippen molar-refractivity contribution >= 4 is 11.8 Å². The SMILES string of the molecule is NC(=O)c1cc([C@H]2C[C@@H](NC(=O)Cc3ccccn3)C2)n[nH]1. The van der Waals surface area contributed by atoms with Crippen LogP contribution in [0.5, 0.6) is 0 Å².